The van der Waals surface area contributed by atoms with Gasteiger partial charge in [-0.3, -0.25) is 0 Å². The third kappa shape index (κ3) is 1.51. The molecule has 10 heavy (non-hydrogen) atoms. The Morgan fingerprint density at radius 2 is 2.10 bits per heavy atom. The van der Waals surface area contributed by atoms with Crippen molar-refractivity contribution >= 4 is 18.8 Å². The molecule has 0 unspecified atom stereocenters. The molecule has 0 radical (unpaired) electrons. The fourth-order valence-electron chi connectivity index (χ4n) is 0.659. The lowest BCUT2D eigenvalue weighted by Gasteiger charge is -1.93. The van der Waals surface area contributed by atoms with E-state index in [1.807, 2.05) is 24.3 Å². The van der Waals surface area contributed by atoms with E-state index in [2.05, 4.69) is 17.8 Å². The van der Waals surface area contributed by atoms with Crippen LogP contribution in [-0.2, 0) is 0 Å². The maximum absolute atomic E-state index is 8.18. The van der Waals surface area contributed by atoms with Gasteiger partial charge >= 0.3 is 0 Å². The Balaban J connectivity index is 3.03. The van der Waals surface area contributed by atoms with Crippen molar-refractivity contribution in [3.05, 3.63) is 29.8 Å². The number of hydrogen-bond acceptors (Lipinski definition) is 3. The molecule has 0 spiro atoms. The lowest BCUT2D eigenvalue weighted by molar-refractivity contribution is 0.322. The number of oxime groups is 1. The molecule has 1 aromatic carbocycles. The average molecular weight is 153 g/mol. The molecule has 0 fully saturated rings. The monoisotopic (exact) mass is 153 g/mol. The molecule has 52 valence electrons. The van der Waals surface area contributed by atoms with E-state index in [9.17, 15) is 0 Å². The molecule has 2 nitrogen and oxygen atoms in total. The van der Waals surface area contributed by atoms with Crippen LogP contribution in [0, 0.1) is 0 Å². The third-order valence-corrected chi connectivity index (χ3v) is 1.54. The van der Waals surface area contributed by atoms with Crippen molar-refractivity contribution in [1.82, 2.24) is 0 Å². The summed E-state index contributed by atoms with van der Waals surface area (Å²) in [5, 5.41) is 11.1. The van der Waals surface area contributed by atoms with Crippen LogP contribution in [0.4, 0.5) is 0 Å². The summed E-state index contributed by atoms with van der Waals surface area (Å²) in [4.78, 5) is 0.806. The van der Waals surface area contributed by atoms with Gasteiger partial charge in [0, 0.05) is 10.5 Å². The van der Waals surface area contributed by atoms with E-state index < -0.39 is 0 Å². The van der Waals surface area contributed by atoms with Crippen LogP contribution in [0.1, 0.15) is 5.56 Å². The number of nitrogens with zero attached hydrogens (tertiary/aromatic N) is 1. The Morgan fingerprint density at radius 3 is 2.70 bits per heavy atom. The first-order valence-corrected chi connectivity index (χ1v) is 3.25. The molecule has 1 N–H and O–H groups in total. The van der Waals surface area contributed by atoms with E-state index in [0.717, 1.165) is 10.5 Å². The summed E-state index contributed by atoms with van der Waals surface area (Å²) in [6, 6.07) is 7.38. The number of benzene rings is 1. The molecule has 0 saturated carbocycles. The molecular weight excluding hydrogens is 146 g/mol. The van der Waals surface area contributed by atoms with Crippen LogP contribution in [0.3, 0.4) is 0 Å². The lowest BCUT2D eigenvalue weighted by atomic mass is 10.2. The predicted molar refractivity (Wildman–Crippen MR) is 43.1 cm³/mol. The highest BCUT2D eigenvalue weighted by atomic mass is 32.1. The summed E-state index contributed by atoms with van der Waals surface area (Å²) < 4.78 is 0. The van der Waals surface area contributed by atoms with Gasteiger partial charge in [0.2, 0.25) is 0 Å². The second-order valence-corrected chi connectivity index (χ2v) is 2.29. The van der Waals surface area contributed by atoms with E-state index >= 15 is 0 Å². The summed E-state index contributed by atoms with van der Waals surface area (Å²) in [5.74, 6) is 0. The van der Waals surface area contributed by atoms with E-state index in [1.54, 1.807) is 0 Å². The Hall–Kier alpha value is -0.960. The summed E-state index contributed by atoms with van der Waals surface area (Å²) in [5.41, 5.74) is 0.813. The molecule has 1 aromatic rings. The molecular formula is C7H7NOS. The second-order valence-electron chi connectivity index (χ2n) is 1.80. The molecule has 0 heterocycles. The van der Waals surface area contributed by atoms with Gasteiger partial charge in [0.25, 0.3) is 0 Å². The van der Waals surface area contributed by atoms with Crippen molar-refractivity contribution in [3.63, 3.8) is 0 Å². The molecule has 0 aromatic heterocycles. The predicted octanol–water partition coefficient (Wildman–Crippen LogP) is 1.78. The highest BCUT2D eigenvalue weighted by molar-refractivity contribution is 7.80. The molecule has 0 aliphatic heterocycles. The quantitative estimate of drug-likeness (QED) is 0.274. The molecule has 1 rings (SSSR count). The summed E-state index contributed by atoms with van der Waals surface area (Å²) in [7, 11) is 0. The topological polar surface area (TPSA) is 32.6 Å². The van der Waals surface area contributed by atoms with Gasteiger partial charge < -0.3 is 5.21 Å². The molecule has 0 amide bonds. The zero-order chi connectivity index (χ0) is 7.40. The van der Waals surface area contributed by atoms with Crippen molar-refractivity contribution in [2.24, 2.45) is 5.16 Å². The van der Waals surface area contributed by atoms with Gasteiger partial charge in [-0.15, -0.1) is 12.6 Å². The molecule has 0 aliphatic carbocycles. The first-order valence-electron chi connectivity index (χ1n) is 2.80. The van der Waals surface area contributed by atoms with E-state index in [1.165, 1.54) is 6.21 Å². The molecule has 3 heteroatoms. The molecule has 0 saturated heterocycles. The van der Waals surface area contributed by atoms with Gasteiger partial charge in [0.1, 0.15) is 0 Å². The highest BCUT2D eigenvalue weighted by Gasteiger charge is 1.90. The van der Waals surface area contributed by atoms with Crippen molar-refractivity contribution in [1.29, 1.82) is 0 Å². The minimum atomic E-state index is 0.806. The minimum absolute atomic E-state index is 0.806. The molecule has 0 bridgehead atoms. The number of hydrogen-bond donors (Lipinski definition) is 2. The summed E-state index contributed by atoms with van der Waals surface area (Å²) >= 11 is 4.13. The lowest BCUT2D eigenvalue weighted by Crippen LogP contribution is -1.81. The van der Waals surface area contributed by atoms with Crippen LogP contribution >= 0.6 is 12.6 Å². The smallest absolute Gasteiger partial charge is 0.0744 e. The van der Waals surface area contributed by atoms with Crippen LogP contribution < -0.4 is 0 Å². The van der Waals surface area contributed by atoms with Crippen LogP contribution in [0.5, 0.6) is 0 Å². The number of rotatable bonds is 1. The average Bonchev–Trinajstić information content (AvgIpc) is 1.94. The van der Waals surface area contributed by atoms with Gasteiger partial charge in [-0.25, -0.2) is 0 Å². The Labute approximate surface area is 64.6 Å². The molecule has 0 aliphatic rings. The molecule has 0 atom stereocenters. The van der Waals surface area contributed by atoms with E-state index in [-0.39, 0.29) is 0 Å². The normalized spacial score (nSPS) is 10.5. The standard InChI is InChI=1S/C7H7NOS/c9-8-5-6-3-1-2-4-7(6)10/h1-5,9-10H/b8-5+. The van der Waals surface area contributed by atoms with Gasteiger partial charge in [-0.05, 0) is 6.07 Å². The van der Waals surface area contributed by atoms with E-state index in [0.29, 0.717) is 0 Å². The zero-order valence-corrected chi connectivity index (χ0v) is 6.12. The maximum atomic E-state index is 8.18. The van der Waals surface area contributed by atoms with Crippen LogP contribution in [0.25, 0.3) is 0 Å². The third-order valence-electron chi connectivity index (χ3n) is 1.13. The van der Waals surface area contributed by atoms with Gasteiger partial charge in [-0.2, -0.15) is 0 Å². The minimum Gasteiger partial charge on any atom is -0.411 e. The first kappa shape index (κ1) is 7.15. The first-order chi connectivity index (χ1) is 4.84. The van der Waals surface area contributed by atoms with E-state index in [4.69, 9.17) is 5.21 Å². The second kappa shape index (κ2) is 3.27. The summed E-state index contributed by atoms with van der Waals surface area (Å²) in [6.45, 7) is 0. The fourth-order valence-corrected chi connectivity index (χ4v) is 0.877. The SMILES string of the molecule is O/N=C/c1ccccc1S. The maximum Gasteiger partial charge on any atom is 0.0744 e. The van der Waals surface area contributed by atoms with Crippen molar-refractivity contribution in [2.75, 3.05) is 0 Å². The Kier molecular flexibility index (Phi) is 2.34. The number of thiol groups is 1. The van der Waals surface area contributed by atoms with Crippen molar-refractivity contribution < 1.29 is 5.21 Å². The van der Waals surface area contributed by atoms with Crippen molar-refractivity contribution in [2.45, 2.75) is 4.90 Å². The largest absolute Gasteiger partial charge is 0.411 e. The fraction of sp³-hybridized carbons (Fsp3) is 0. The van der Waals surface area contributed by atoms with Gasteiger partial charge in [0.05, 0.1) is 6.21 Å². The zero-order valence-electron chi connectivity index (χ0n) is 5.23. The van der Waals surface area contributed by atoms with Crippen LogP contribution in [0.15, 0.2) is 34.3 Å². The highest BCUT2D eigenvalue weighted by Crippen LogP contribution is 2.09. The van der Waals surface area contributed by atoms with Crippen LogP contribution in [-0.4, -0.2) is 11.4 Å². The van der Waals surface area contributed by atoms with Crippen LogP contribution in [0.2, 0.25) is 0 Å². The Bertz CT molecular complexity index is 247. The summed E-state index contributed by atoms with van der Waals surface area (Å²) in [6.07, 6.45) is 1.35. The van der Waals surface area contributed by atoms with Crippen molar-refractivity contribution in [3.8, 4) is 0 Å². The Morgan fingerprint density at radius 1 is 1.40 bits per heavy atom. The van der Waals surface area contributed by atoms with Gasteiger partial charge in [-0.1, -0.05) is 23.4 Å². The van der Waals surface area contributed by atoms with Gasteiger partial charge in [0.15, 0.2) is 0 Å².